The minimum atomic E-state index is -2.56. The number of hydrogen-bond donors (Lipinski definition) is 2. The quantitative estimate of drug-likeness (QED) is 0.816. The van der Waals surface area contributed by atoms with E-state index >= 15 is 0 Å². The first-order chi connectivity index (χ1) is 11.9. The van der Waals surface area contributed by atoms with E-state index in [0.29, 0.717) is 5.69 Å². The highest BCUT2D eigenvalue weighted by atomic mass is 19.3. The van der Waals surface area contributed by atoms with Gasteiger partial charge >= 0.3 is 0 Å². The highest BCUT2D eigenvalue weighted by molar-refractivity contribution is 5.95. The minimum absolute atomic E-state index is 0.120. The second-order valence-corrected chi connectivity index (χ2v) is 6.68. The molecule has 0 bridgehead atoms. The number of rotatable bonds is 6. The van der Waals surface area contributed by atoms with Crippen LogP contribution in [0.3, 0.4) is 0 Å². The summed E-state index contributed by atoms with van der Waals surface area (Å²) in [5.74, 6) is -2.88. The van der Waals surface area contributed by atoms with Crippen molar-refractivity contribution in [2.45, 2.75) is 37.8 Å². The van der Waals surface area contributed by atoms with Gasteiger partial charge in [-0.15, -0.1) is 0 Å². The number of hydrogen-bond acceptors (Lipinski definition) is 2. The average molecular weight is 344 g/mol. The largest absolute Gasteiger partial charge is 0.324 e. The summed E-state index contributed by atoms with van der Waals surface area (Å²) in [6.45, 7) is 1.87. The van der Waals surface area contributed by atoms with E-state index in [1.54, 1.807) is 0 Å². The Morgan fingerprint density at radius 3 is 2.16 bits per heavy atom. The van der Waals surface area contributed by atoms with Crippen LogP contribution in [0.15, 0.2) is 60.7 Å². The Morgan fingerprint density at radius 1 is 1.04 bits per heavy atom. The second kappa shape index (κ2) is 7.31. The Balaban J connectivity index is 1.72. The Hall–Kier alpha value is -2.27. The van der Waals surface area contributed by atoms with E-state index in [9.17, 15) is 13.6 Å². The van der Waals surface area contributed by atoms with Gasteiger partial charge in [-0.3, -0.25) is 10.1 Å². The van der Waals surface area contributed by atoms with Gasteiger partial charge in [0, 0.05) is 24.6 Å². The van der Waals surface area contributed by atoms with Crippen molar-refractivity contribution >= 4 is 11.6 Å². The number of carbonyl (C=O) groups is 1. The predicted octanol–water partition coefficient (Wildman–Crippen LogP) is 4.39. The fourth-order valence-electron chi connectivity index (χ4n) is 3.16. The molecular formula is C20H22F2N2O. The molecule has 2 aromatic carbocycles. The molecule has 1 amide bonds. The third-order valence-electron chi connectivity index (χ3n) is 4.69. The molecule has 1 aliphatic carbocycles. The van der Waals surface area contributed by atoms with Crippen LogP contribution in [0, 0.1) is 5.92 Å². The van der Waals surface area contributed by atoms with E-state index in [1.807, 2.05) is 67.6 Å². The third-order valence-corrected chi connectivity index (χ3v) is 4.69. The van der Waals surface area contributed by atoms with Gasteiger partial charge in [0.25, 0.3) is 0 Å². The van der Waals surface area contributed by atoms with Crippen molar-refractivity contribution < 1.29 is 13.6 Å². The van der Waals surface area contributed by atoms with Crippen LogP contribution in [0.25, 0.3) is 0 Å². The lowest BCUT2D eigenvalue weighted by molar-refractivity contribution is -0.123. The van der Waals surface area contributed by atoms with Gasteiger partial charge in [0.05, 0.1) is 0 Å². The van der Waals surface area contributed by atoms with Crippen molar-refractivity contribution in [1.82, 2.24) is 5.32 Å². The minimum Gasteiger partial charge on any atom is -0.324 e. The topological polar surface area (TPSA) is 41.1 Å². The zero-order chi connectivity index (χ0) is 17.9. The highest BCUT2D eigenvalue weighted by Gasteiger charge is 2.47. The number of carbonyl (C=O) groups excluding carboxylic acids is 1. The maximum atomic E-state index is 13.1. The molecule has 1 saturated carbocycles. The monoisotopic (exact) mass is 344 g/mol. The summed E-state index contributed by atoms with van der Waals surface area (Å²) in [7, 11) is 0. The van der Waals surface area contributed by atoms with Gasteiger partial charge in [-0.1, -0.05) is 48.5 Å². The number of halogens is 2. The standard InChI is InChI=1S/C20H22F2N2O/c1-14(16-12-20(21,22)13-16)23-18(15-8-4-2-5-9-15)19(25)24-17-10-6-3-7-11-17/h2-11,14,16,18,23H,12-13H2,1H3,(H,24,25). The van der Waals surface area contributed by atoms with Crippen molar-refractivity contribution in [3.63, 3.8) is 0 Å². The molecule has 5 heteroatoms. The number of anilines is 1. The van der Waals surface area contributed by atoms with Crippen LogP contribution in [0.5, 0.6) is 0 Å². The maximum Gasteiger partial charge on any atom is 0.248 e. The Kier molecular flexibility index (Phi) is 5.13. The summed E-state index contributed by atoms with van der Waals surface area (Å²) in [4.78, 5) is 12.8. The molecular weight excluding hydrogens is 322 g/mol. The summed E-state index contributed by atoms with van der Waals surface area (Å²) in [5, 5.41) is 6.14. The van der Waals surface area contributed by atoms with Crippen molar-refractivity contribution in [2.24, 2.45) is 5.92 Å². The molecule has 0 aromatic heterocycles. The van der Waals surface area contributed by atoms with Gasteiger partial charge in [0.1, 0.15) is 6.04 Å². The van der Waals surface area contributed by atoms with Gasteiger partial charge in [0.15, 0.2) is 0 Å². The zero-order valence-corrected chi connectivity index (χ0v) is 14.1. The number of benzene rings is 2. The van der Waals surface area contributed by atoms with Gasteiger partial charge in [0.2, 0.25) is 11.8 Å². The third kappa shape index (κ3) is 4.42. The molecule has 2 atom stereocenters. The van der Waals surface area contributed by atoms with Crippen molar-refractivity contribution in [2.75, 3.05) is 5.32 Å². The van der Waals surface area contributed by atoms with Gasteiger partial charge in [-0.2, -0.15) is 0 Å². The molecule has 2 unspecified atom stereocenters. The first-order valence-electron chi connectivity index (χ1n) is 8.49. The van der Waals surface area contributed by atoms with Crippen LogP contribution in [0.2, 0.25) is 0 Å². The molecule has 0 aliphatic heterocycles. The van der Waals surface area contributed by atoms with E-state index in [-0.39, 0.29) is 30.7 Å². The fourth-order valence-corrected chi connectivity index (χ4v) is 3.16. The van der Waals surface area contributed by atoms with Crippen molar-refractivity contribution in [1.29, 1.82) is 0 Å². The van der Waals surface area contributed by atoms with E-state index in [1.165, 1.54) is 0 Å². The first-order valence-corrected chi connectivity index (χ1v) is 8.49. The summed E-state index contributed by atoms with van der Waals surface area (Å²) >= 11 is 0. The van der Waals surface area contributed by atoms with Gasteiger partial charge in [-0.05, 0) is 30.5 Å². The van der Waals surface area contributed by atoms with E-state index in [2.05, 4.69) is 10.6 Å². The van der Waals surface area contributed by atoms with Gasteiger partial charge < -0.3 is 5.32 Å². The van der Waals surface area contributed by atoms with E-state index in [4.69, 9.17) is 0 Å². The second-order valence-electron chi connectivity index (χ2n) is 6.68. The molecule has 2 aromatic rings. The number of para-hydroxylation sites is 1. The smallest absolute Gasteiger partial charge is 0.248 e. The van der Waals surface area contributed by atoms with Crippen LogP contribution in [-0.4, -0.2) is 17.9 Å². The molecule has 0 spiro atoms. The molecule has 0 radical (unpaired) electrons. The molecule has 0 heterocycles. The number of amides is 1. The van der Waals surface area contributed by atoms with Crippen LogP contribution >= 0.6 is 0 Å². The molecule has 1 fully saturated rings. The van der Waals surface area contributed by atoms with Crippen molar-refractivity contribution in [3.05, 3.63) is 66.2 Å². The van der Waals surface area contributed by atoms with Crippen LogP contribution in [0.1, 0.15) is 31.4 Å². The maximum absolute atomic E-state index is 13.1. The highest BCUT2D eigenvalue weighted by Crippen LogP contribution is 2.44. The van der Waals surface area contributed by atoms with E-state index in [0.717, 1.165) is 5.56 Å². The van der Waals surface area contributed by atoms with Crippen molar-refractivity contribution in [3.8, 4) is 0 Å². The Morgan fingerprint density at radius 2 is 1.60 bits per heavy atom. The summed E-state index contributed by atoms with van der Waals surface area (Å²) in [6.07, 6.45) is -0.244. The predicted molar refractivity (Wildman–Crippen MR) is 94.5 cm³/mol. The first kappa shape index (κ1) is 17.5. The summed E-state index contributed by atoms with van der Waals surface area (Å²) < 4.78 is 26.3. The Bertz CT molecular complexity index is 698. The number of nitrogens with one attached hydrogen (secondary N) is 2. The molecule has 3 rings (SSSR count). The molecule has 132 valence electrons. The molecule has 25 heavy (non-hydrogen) atoms. The summed E-state index contributed by atoms with van der Waals surface area (Å²) in [6, 6.07) is 17.8. The Labute approximate surface area is 146 Å². The lowest BCUT2D eigenvalue weighted by atomic mass is 9.76. The van der Waals surface area contributed by atoms with Crippen LogP contribution < -0.4 is 10.6 Å². The van der Waals surface area contributed by atoms with E-state index < -0.39 is 12.0 Å². The summed E-state index contributed by atoms with van der Waals surface area (Å²) in [5.41, 5.74) is 1.52. The molecule has 2 N–H and O–H groups in total. The normalized spacial score (nSPS) is 18.8. The lowest BCUT2D eigenvalue weighted by Crippen LogP contribution is -2.49. The molecule has 1 aliphatic rings. The average Bonchev–Trinajstić information content (AvgIpc) is 2.59. The molecule has 3 nitrogen and oxygen atoms in total. The van der Waals surface area contributed by atoms with Crippen LogP contribution in [0.4, 0.5) is 14.5 Å². The number of alkyl halides is 2. The lowest BCUT2D eigenvalue weighted by Gasteiger charge is -2.40. The fraction of sp³-hybridized carbons (Fsp3) is 0.350. The van der Waals surface area contributed by atoms with Crippen LogP contribution in [-0.2, 0) is 4.79 Å². The molecule has 0 saturated heterocycles. The SMILES string of the molecule is CC(NC(C(=O)Nc1ccccc1)c1ccccc1)C1CC(F)(F)C1. The van der Waals surface area contributed by atoms with Gasteiger partial charge in [-0.25, -0.2) is 8.78 Å². The zero-order valence-electron chi connectivity index (χ0n) is 14.1.